The third kappa shape index (κ3) is 7.33. The van der Waals surface area contributed by atoms with E-state index in [4.69, 9.17) is 11.6 Å². The van der Waals surface area contributed by atoms with Crippen molar-refractivity contribution in [3.63, 3.8) is 0 Å². The van der Waals surface area contributed by atoms with Crippen LogP contribution in [0.1, 0.15) is 44.6 Å². The number of anilines is 1. The Labute approximate surface area is 215 Å². The van der Waals surface area contributed by atoms with Crippen LogP contribution in [0.3, 0.4) is 0 Å². The first-order chi connectivity index (χ1) is 17.1. The molecule has 6 heteroatoms. The predicted molar refractivity (Wildman–Crippen MR) is 147 cm³/mol. The van der Waals surface area contributed by atoms with Gasteiger partial charge in [0.05, 0.1) is 6.54 Å². The van der Waals surface area contributed by atoms with E-state index < -0.39 is 0 Å². The molecule has 0 aliphatic carbocycles. The highest BCUT2D eigenvalue weighted by Gasteiger charge is 2.22. The second-order valence-electron chi connectivity index (χ2n) is 9.67. The Bertz CT molecular complexity index is 1060. The van der Waals surface area contributed by atoms with Gasteiger partial charge in [-0.25, -0.2) is 0 Å². The maximum atomic E-state index is 13.2. The third-order valence-electron chi connectivity index (χ3n) is 7.08. The minimum atomic E-state index is 0.221. The number of aromatic amines is 1. The summed E-state index contributed by atoms with van der Waals surface area (Å²) in [5.41, 5.74) is 3.51. The second-order valence-corrected chi connectivity index (χ2v) is 10.1. The van der Waals surface area contributed by atoms with Gasteiger partial charge in [-0.1, -0.05) is 56.0 Å². The molecule has 188 valence electrons. The number of piperazine rings is 1. The summed E-state index contributed by atoms with van der Waals surface area (Å²) in [7, 11) is 0. The lowest BCUT2D eigenvalue weighted by atomic mass is 10.1. The monoisotopic (exact) mass is 494 g/mol. The van der Waals surface area contributed by atoms with Gasteiger partial charge in [0.15, 0.2) is 0 Å². The average molecular weight is 495 g/mol. The molecule has 0 spiro atoms. The van der Waals surface area contributed by atoms with Crippen molar-refractivity contribution in [1.82, 2.24) is 14.8 Å². The van der Waals surface area contributed by atoms with Crippen LogP contribution in [-0.4, -0.2) is 66.5 Å². The fourth-order valence-electron chi connectivity index (χ4n) is 5.00. The van der Waals surface area contributed by atoms with Crippen molar-refractivity contribution in [3.8, 4) is 0 Å². The second kappa shape index (κ2) is 13.1. The molecule has 2 heterocycles. The van der Waals surface area contributed by atoms with Gasteiger partial charge in [0.2, 0.25) is 5.91 Å². The number of H-pyrrole nitrogens is 1. The summed E-state index contributed by atoms with van der Waals surface area (Å²) in [6.07, 6.45) is 8.96. The van der Waals surface area contributed by atoms with Crippen molar-refractivity contribution >= 4 is 34.1 Å². The number of aryl methyl sites for hydroxylation is 1. The normalized spacial score (nSPS) is 15.0. The van der Waals surface area contributed by atoms with Crippen LogP contribution in [0, 0.1) is 0 Å². The van der Waals surface area contributed by atoms with Crippen molar-refractivity contribution in [2.45, 2.75) is 45.4 Å². The quantitative estimate of drug-likeness (QED) is 0.315. The van der Waals surface area contributed by atoms with Crippen molar-refractivity contribution in [3.05, 3.63) is 65.3 Å². The Balaban J connectivity index is 1.22. The molecule has 1 aliphatic rings. The van der Waals surface area contributed by atoms with E-state index in [0.29, 0.717) is 6.54 Å². The number of hydrogen-bond donors (Lipinski definition) is 1. The topological polar surface area (TPSA) is 42.6 Å². The molecule has 1 aliphatic heterocycles. The van der Waals surface area contributed by atoms with E-state index in [1.807, 2.05) is 35.2 Å². The van der Waals surface area contributed by atoms with E-state index in [9.17, 15) is 4.79 Å². The molecule has 35 heavy (non-hydrogen) atoms. The number of fused-ring (bicyclic) bond motifs is 1. The number of benzene rings is 2. The Kier molecular flexibility index (Phi) is 9.64. The van der Waals surface area contributed by atoms with E-state index in [0.717, 1.165) is 74.8 Å². The number of carbonyl (C=O) groups is 1. The molecule has 1 saturated heterocycles. The van der Waals surface area contributed by atoms with Crippen molar-refractivity contribution in [1.29, 1.82) is 0 Å². The molecular formula is C29H39ClN4O. The minimum Gasteiger partial charge on any atom is -0.361 e. The molecule has 1 N–H and O–H groups in total. The van der Waals surface area contributed by atoms with Crippen LogP contribution in [0.2, 0.25) is 5.02 Å². The van der Waals surface area contributed by atoms with E-state index in [1.54, 1.807) is 0 Å². The Morgan fingerprint density at radius 3 is 2.51 bits per heavy atom. The van der Waals surface area contributed by atoms with Gasteiger partial charge >= 0.3 is 0 Å². The maximum absolute atomic E-state index is 13.2. The number of halogens is 1. The molecule has 0 bridgehead atoms. The van der Waals surface area contributed by atoms with E-state index in [-0.39, 0.29) is 5.91 Å². The molecular weight excluding hydrogens is 456 g/mol. The number of nitrogens with zero attached hydrogens (tertiary/aromatic N) is 3. The summed E-state index contributed by atoms with van der Waals surface area (Å²) in [5.74, 6) is 0.221. The van der Waals surface area contributed by atoms with Crippen molar-refractivity contribution in [2.75, 3.05) is 50.7 Å². The fraction of sp³-hybridized carbons (Fsp3) is 0.483. The molecule has 1 fully saturated rings. The summed E-state index contributed by atoms with van der Waals surface area (Å²) in [4.78, 5) is 23.5. The summed E-state index contributed by atoms with van der Waals surface area (Å²) >= 11 is 6.19. The molecule has 0 saturated carbocycles. The highest BCUT2D eigenvalue weighted by Crippen LogP contribution is 2.23. The van der Waals surface area contributed by atoms with Gasteiger partial charge in [-0.3, -0.25) is 9.69 Å². The lowest BCUT2D eigenvalue weighted by Gasteiger charge is -2.35. The van der Waals surface area contributed by atoms with E-state index in [1.165, 1.54) is 30.2 Å². The van der Waals surface area contributed by atoms with Crippen LogP contribution < -0.4 is 4.90 Å². The number of carbonyl (C=O) groups excluding carboxylic acids is 1. The maximum Gasteiger partial charge on any atom is 0.241 e. The van der Waals surface area contributed by atoms with Crippen LogP contribution in [0.25, 0.3) is 10.9 Å². The number of unbranched alkanes of at least 4 members (excludes halogenated alkanes) is 3. The minimum absolute atomic E-state index is 0.221. The van der Waals surface area contributed by atoms with Gasteiger partial charge in [0.25, 0.3) is 0 Å². The van der Waals surface area contributed by atoms with Crippen molar-refractivity contribution in [2.24, 2.45) is 0 Å². The van der Waals surface area contributed by atoms with Crippen LogP contribution >= 0.6 is 11.6 Å². The molecule has 0 unspecified atom stereocenters. The highest BCUT2D eigenvalue weighted by atomic mass is 35.5. The average Bonchev–Trinajstić information content (AvgIpc) is 3.27. The Morgan fingerprint density at radius 1 is 0.971 bits per heavy atom. The first-order valence-corrected chi connectivity index (χ1v) is 13.6. The number of rotatable bonds is 12. The van der Waals surface area contributed by atoms with Gasteiger partial charge in [0, 0.05) is 60.5 Å². The standard InChI is InChI=1S/C29H39ClN4O/c1-2-3-4-8-16-34(26-11-6-5-7-12-26)29(35)23-33-19-17-32(18-20-33)15-9-10-24-22-31-28-14-13-25(30)21-27(24)28/h5-7,11-14,21-22,31H,2-4,8-10,15-20,23H2,1H3. The summed E-state index contributed by atoms with van der Waals surface area (Å²) in [5, 5.41) is 2.02. The lowest BCUT2D eigenvalue weighted by Crippen LogP contribution is -2.50. The zero-order valence-electron chi connectivity index (χ0n) is 21.0. The molecule has 0 radical (unpaired) electrons. The largest absolute Gasteiger partial charge is 0.361 e. The molecule has 5 nitrogen and oxygen atoms in total. The molecule has 3 aromatic rings. The zero-order chi connectivity index (χ0) is 24.5. The third-order valence-corrected chi connectivity index (χ3v) is 7.31. The van der Waals surface area contributed by atoms with Crippen LogP contribution in [0.4, 0.5) is 5.69 Å². The van der Waals surface area contributed by atoms with Gasteiger partial charge in [0.1, 0.15) is 0 Å². The SMILES string of the molecule is CCCCCCN(C(=O)CN1CCN(CCCc2c[nH]c3ccc(Cl)cc23)CC1)c1ccccc1. The predicted octanol–water partition coefficient (Wildman–Crippen LogP) is 5.99. The first kappa shape index (κ1) is 25.7. The zero-order valence-corrected chi connectivity index (χ0v) is 21.8. The van der Waals surface area contributed by atoms with Gasteiger partial charge in [-0.15, -0.1) is 0 Å². The number of amides is 1. The number of nitrogens with one attached hydrogen (secondary N) is 1. The molecule has 0 atom stereocenters. The molecule has 1 amide bonds. The first-order valence-electron chi connectivity index (χ1n) is 13.2. The van der Waals surface area contributed by atoms with Crippen molar-refractivity contribution < 1.29 is 4.79 Å². The number of aromatic nitrogens is 1. The summed E-state index contributed by atoms with van der Waals surface area (Å²) in [6, 6.07) is 16.2. The van der Waals surface area contributed by atoms with Gasteiger partial charge in [-0.2, -0.15) is 0 Å². The number of hydrogen-bond acceptors (Lipinski definition) is 3. The molecule has 2 aromatic carbocycles. The van der Waals surface area contributed by atoms with Crippen LogP contribution in [-0.2, 0) is 11.2 Å². The van der Waals surface area contributed by atoms with Crippen LogP contribution in [0.15, 0.2) is 54.7 Å². The van der Waals surface area contributed by atoms with Gasteiger partial charge < -0.3 is 14.8 Å². The van der Waals surface area contributed by atoms with Gasteiger partial charge in [-0.05, 0) is 61.7 Å². The van der Waals surface area contributed by atoms with E-state index >= 15 is 0 Å². The number of para-hydroxylation sites is 1. The van der Waals surface area contributed by atoms with Crippen LogP contribution in [0.5, 0.6) is 0 Å². The fourth-order valence-corrected chi connectivity index (χ4v) is 5.17. The summed E-state index contributed by atoms with van der Waals surface area (Å²) in [6.45, 7) is 8.57. The molecule has 4 rings (SSSR count). The van der Waals surface area contributed by atoms with E-state index in [2.05, 4.69) is 46.1 Å². The Morgan fingerprint density at radius 2 is 1.74 bits per heavy atom. The summed E-state index contributed by atoms with van der Waals surface area (Å²) < 4.78 is 0. The smallest absolute Gasteiger partial charge is 0.241 e. The molecule has 1 aromatic heterocycles. The highest BCUT2D eigenvalue weighted by molar-refractivity contribution is 6.31. The lowest BCUT2D eigenvalue weighted by molar-refractivity contribution is -0.120. The Hall–Kier alpha value is -2.34.